The van der Waals surface area contributed by atoms with Gasteiger partial charge in [0.1, 0.15) is 5.82 Å². The lowest BCUT2D eigenvalue weighted by molar-refractivity contribution is 0.201. The summed E-state index contributed by atoms with van der Waals surface area (Å²) < 4.78 is 13.9. The Bertz CT molecular complexity index is 405. The van der Waals surface area contributed by atoms with E-state index in [4.69, 9.17) is 0 Å². The molecule has 1 unspecified atom stereocenters. The molecule has 1 fully saturated rings. The molecular weight excluding hydrogens is 231 g/mol. The predicted molar refractivity (Wildman–Crippen MR) is 71.2 cm³/mol. The van der Waals surface area contributed by atoms with Crippen molar-refractivity contribution in [3.8, 4) is 0 Å². The van der Waals surface area contributed by atoms with Gasteiger partial charge in [0.2, 0.25) is 0 Å². The molecule has 100 valence electrons. The molecule has 0 aliphatic heterocycles. The van der Waals surface area contributed by atoms with Crippen LogP contribution in [-0.2, 0) is 6.54 Å². The molecule has 2 rings (SSSR count). The quantitative estimate of drug-likeness (QED) is 0.811. The number of hydrogen-bond donors (Lipinski definition) is 2. The Labute approximate surface area is 108 Å². The normalized spacial score (nSPS) is 16.7. The van der Waals surface area contributed by atoms with Crippen LogP contribution in [0.4, 0.5) is 10.1 Å². The van der Waals surface area contributed by atoms with E-state index in [1.807, 2.05) is 6.07 Å². The van der Waals surface area contributed by atoms with E-state index in [0.717, 1.165) is 12.1 Å². The van der Waals surface area contributed by atoms with Gasteiger partial charge in [-0.15, -0.1) is 0 Å². The van der Waals surface area contributed by atoms with Crippen LogP contribution in [0.1, 0.15) is 25.3 Å². The van der Waals surface area contributed by atoms with Crippen LogP contribution < -0.4 is 10.2 Å². The van der Waals surface area contributed by atoms with Crippen molar-refractivity contribution < 1.29 is 9.50 Å². The molecule has 2 N–H and O–H groups in total. The molecule has 1 aliphatic rings. The van der Waals surface area contributed by atoms with E-state index in [9.17, 15) is 9.50 Å². The van der Waals surface area contributed by atoms with Crippen LogP contribution in [0.3, 0.4) is 0 Å². The summed E-state index contributed by atoms with van der Waals surface area (Å²) >= 11 is 0. The Kier molecular flexibility index (Phi) is 4.19. The average Bonchev–Trinajstić information content (AvgIpc) is 3.09. The molecule has 1 atom stereocenters. The SMILES string of the molecule is CC(O)CN(C)c1ccc(CNC2CC2)cc1F. The zero-order valence-electron chi connectivity index (χ0n) is 11.0. The summed E-state index contributed by atoms with van der Waals surface area (Å²) in [5, 5.41) is 12.7. The van der Waals surface area contributed by atoms with Crippen LogP contribution in [0.2, 0.25) is 0 Å². The summed E-state index contributed by atoms with van der Waals surface area (Å²) in [6.45, 7) is 2.85. The molecule has 1 aliphatic carbocycles. The van der Waals surface area contributed by atoms with Crippen molar-refractivity contribution in [2.45, 2.75) is 38.5 Å². The smallest absolute Gasteiger partial charge is 0.146 e. The van der Waals surface area contributed by atoms with Crippen molar-refractivity contribution in [3.05, 3.63) is 29.6 Å². The number of benzene rings is 1. The van der Waals surface area contributed by atoms with Crippen molar-refractivity contribution in [3.63, 3.8) is 0 Å². The van der Waals surface area contributed by atoms with Crippen molar-refractivity contribution >= 4 is 5.69 Å². The molecule has 1 aromatic carbocycles. The maximum atomic E-state index is 13.9. The monoisotopic (exact) mass is 252 g/mol. The van der Waals surface area contributed by atoms with Crippen LogP contribution in [-0.4, -0.2) is 30.8 Å². The molecule has 0 heterocycles. The Morgan fingerprint density at radius 3 is 2.78 bits per heavy atom. The Balaban J connectivity index is 1.99. The third kappa shape index (κ3) is 3.68. The van der Waals surface area contributed by atoms with Crippen molar-refractivity contribution in [2.24, 2.45) is 0 Å². The Hall–Kier alpha value is -1.13. The van der Waals surface area contributed by atoms with Crippen molar-refractivity contribution in [1.82, 2.24) is 5.32 Å². The second-order valence-electron chi connectivity index (χ2n) is 5.17. The van der Waals surface area contributed by atoms with Gasteiger partial charge in [-0.2, -0.15) is 0 Å². The summed E-state index contributed by atoms with van der Waals surface area (Å²) in [6.07, 6.45) is 2.00. The molecule has 18 heavy (non-hydrogen) atoms. The number of hydrogen-bond acceptors (Lipinski definition) is 3. The zero-order chi connectivity index (χ0) is 13.1. The number of aliphatic hydroxyl groups is 1. The highest BCUT2D eigenvalue weighted by Crippen LogP contribution is 2.22. The van der Waals surface area contributed by atoms with Gasteiger partial charge in [-0.25, -0.2) is 4.39 Å². The number of likely N-dealkylation sites (N-methyl/N-ethyl adjacent to an activating group) is 1. The molecule has 0 amide bonds. The van der Waals surface area contributed by atoms with Gasteiger partial charge in [0.25, 0.3) is 0 Å². The minimum absolute atomic E-state index is 0.228. The van der Waals surface area contributed by atoms with Gasteiger partial charge in [0, 0.05) is 26.2 Å². The molecule has 1 saturated carbocycles. The third-order valence-electron chi connectivity index (χ3n) is 3.13. The minimum atomic E-state index is -0.467. The molecular formula is C14H21FN2O. The molecule has 1 aromatic rings. The van der Waals surface area contributed by atoms with E-state index in [2.05, 4.69) is 5.32 Å². The maximum Gasteiger partial charge on any atom is 0.146 e. The highest BCUT2D eigenvalue weighted by atomic mass is 19.1. The van der Waals surface area contributed by atoms with E-state index >= 15 is 0 Å². The highest BCUT2D eigenvalue weighted by Gasteiger charge is 2.20. The van der Waals surface area contributed by atoms with E-state index in [1.54, 1.807) is 31.0 Å². The lowest BCUT2D eigenvalue weighted by Crippen LogP contribution is -2.27. The fourth-order valence-corrected chi connectivity index (χ4v) is 2.01. The summed E-state index contributed by atoms with van der Waals surface area (Å²) in [4.78, 5) is 1.73. The first-order valence-electron chi connectivity index (χ1n) is 6.47. The average molecular weight is 252 g/mol. The van der Waals surface area contributed by atoms with Gasteiger partial charge < -0.3 is 15.3 Å². The number of nitrogens with one attached hydrogen (secondary N) is 1. The van der Waals surface area contributed by atoms with Crippen LogP contribution in [0.25, 0.3) is 0 Å². The van der Waals surface area contributed by atoms with E-state index in [-0.39, 0.29) is 5.82 Å². The largest absolute Gasteiger partial charge is 0.392 e. The van der Waals surface area contributed by atoms with Crippen molar-refractivity contribution in [1.29, 1.82) is 0 Å². The number of anilines is 1. The molecule has 0 spiro atoms. The standard InChI is InChI=1S/C14H21FN2O/c1-10(18)9-17(2)14-6-3-11(7-13(14)15)8-16-12-4-5-12/h3,6-7,10,12,16,18H,4-5,8-9H2,1-2H3. The summed E-state index contributed by atoms with van der Waals surface area (Å²) in [5.74, 6) is -0.228. The van der Waals surface area contributed by atoms with E-state index < -0.39 is 6.10 Å². The van der Waals surface area contributed by atoms with E-state index in [0.29, 0.717) is 18.3 Å². The summed E-state index contributed by atoms with van der Waals surface area (Å²) in [6, 6.07) is 5.92. The van der Waals surface area contributed by atoms with E-state index in [1.165, 1.54) is 12.8 Å². The molecule has 4 heteroatoms. The topological polar surface area (TPSA) is 35.5 Å². The number of aliphatic hydroxyl groups excluding tert-OH is 1. The molecule has 0 saturated heterocycles. The van der Waals surface area contributed by atoms with Crippen molar-refractivity contribution in [2.75, 3.05) is 18.5 Å². The zero-order valence-corrected chi connectivity index (χ0v) is 11.0. The number of nitrogens with zero attached hydrogens (tertiary/aromatic N) is 1. The fraction of sp³-hybridized carbons (Fsp3) is 0.571. The maximum absolute atomic E-state index is 13.9. The highest BCUT2D eigenvalue weighted by molar-refractivity contribution is 5.48. The molecule has 0 radical (unpaired) electrons. The van der Waals surface area contributed by atoms with Gasteiger partial charge in [0.05, 0.1) is 11.8 Å². The molecule has 3 nitrogen and oxygen atoms in total. The summed E-state index contributed by atoms with van der Waals surface area (Å²) in [7, 11) is 1.78. The van der Waals surface area contributed by atoms with Gasteiger partial charge in [-0.05, 0) is 37.5 Å². The lowest BCUT2D eigenvalue weighted by atomic mass is 10.1. The second-order valence-corrected chi connectivity index (χ2v) is 5.17. The number of rotatable bonds is 6. The van der Waals surface area contributed by atoms with Gasteiger partial charge in [-0.3, -0.25) is 0 Å². The third-order valence-corrected chi connectivity index (χ3v) is 3.13. The van der Waals surface area contributed by atoms with Crippen LogP contribution in [0.5, 0.6) is 0 Å². The first-order chi connectivity index (χ1) is 8.56. The Morgan fingerprint density at radius 2 is 2.22 bits per heavy atom. The predicted octanol–water partition coefficient (Wildman–Crippen LogP) is 1.89. The van der Waals surface area contributed by atoms with Crippen LogP contribution in [0, 0.1) is 5.82 Å². The first-order valence-corrected chi connectivity index (χ1v) is 6.47. The molecule has 0 aromatic heterocycles. The second kappa shape index (κ2) is 5.67. The van der Waals surface area contributed by atoms with Crippen LogP contribution in [0.15, 0.2) is 18.2 Å². The van der Waals surface area contributed by atoms with Gasteiger partial charge in [-0.1, -0.05) is 6.07 Å². The minimum Gasteiger partial charge on any atom is -0.392 e. The Morgan fingerprint density at radius 1 is 1.50 bits per heavy atom. The van der Waals surface area contributed by atoms with Crippen LogP contribution >= 0.6 is 0 Å². The first kappa shape index (κ1) is 13.3. The lowest BCUT2D eigenvalue weighted by Gasteiger charge is -2.21. The van der Waals surface area contributed by atoms with Gasteiger partial charge >= 0.3 is 0 Å². The summed E-state index contributed by atoms with van der Waals surface area (Å²) in [5.41, 5.74) is 1.50. The fourth-order valence-electron chi connectivity index (χ4n) is 2.01. The van der Waals surface area contributed by atoms with Gasteiger partial charge in [0.15, 0.2) is 0 Å². The number of halogens is 1. The molecule has 0 bridgehead atoms.